The summed E-state index contributed by atoms with van der Waals surface area (Å²) in [6, 6.07) is 12.9. The number of rotatable bonds is 10. The standard InChI is InChI=1S/C21H22ClN3O4S/c1-3-27-17-10-5-14(13-18(17)28-4-2)20-24-25-21(29-20)23-19(26)11-12-30-16-8-6-15(22)7-9-16/h5-10,13H,3-4,11-12H2,1-2H3,(H,23,25,26). The number of benzene rings is 2. The van der Waals surface area contributed by atoms with Gasteiger partial charge in [0.05, 0.1) is 13.2 Å². The second kappa shape index (κ2) is 10.9. The molecule has 2 aromatic carbocycles. The second-order valence-corrected chi connectivity index (χ2v) is 7.65. The Hall–Kier alpha value is -2.71. The molecule has 158 valence electrons. The van der Waals surface area contributed by atoms with Crippen molar-refractivity contribution >= 4 is 35.3 Å². The number of hydrogen-bond acceptors (Lipinski definition) is 7. The average molecular weight is 448 g/mol. The highest BCUT2D eigenvalue weighted by molar-refractivity contribution is 7.99. The first-order chi connectivity index (χ1) is 14.6. The third-order valence-corrected chi connectivity index (χ3v) is 5.14. The van der Waals surface area contributed by atoms with E-state index in [0.717, 1.165) is 4.90 Å². The molecule has 1 amide bonds. The van der Waals surface area contributed by atoms with Gasteiger partial charge in [0.2, 0.25) is 11.8 Å². The van der Waals surface area contributed by atoms with Crippen LogP contribution in [0.4, 0.5) is 6.01 Å². The highest BCUT2D eigenvalue weighted by atomic mass is 35.5. The molecule has 0 aliphatic rings. The van der Waals surface area contributed by atoms with Crippen LogP contribution in [-0.4, -0.2) is 35.1 Å². The monoisotopic (exact) mass is 447 g/mol. The van der Waals surface area contributed by atoms with Crippen LogP contribution in [0.25, 0.3) is 11.5 Å². The van der Waals surface area contributed by atoms with Gasteiger partial charge in [0, 0.05) is 27.7 Å². The van der Waals surface area contributed by atoms with Crippen molar-refractivity contribution in [3.8, 4) is 23.0 Å². The van der Waals surface area contributed by atoms with E-state index in [4.69, 9.17) is 25.5 Å². The smallest absolute Gasteiger partial charge is 0.322 e. The summed E-state index contributed by atoms with van der Waals surface area (Å²) in [4.78, 5) is 13.2. The lowest BCUT2D eigenvalue weighted by Crippen LogP contribution is -2.12. The first-order valence-corrected chi connectivity index (χ1v) is 10.9. The highest BCUT2D eigenvalue weighted by Gasteiger charge is 2.14. The summed E-state index contributed by atoms with van der Waals surface area (Å²) in [5.74, 6) is 1.94. The Kier molecular flexibility index (Phi) is 7.98. The van der Waals surface area contributed by atoms with Gasteiger partial charge < -0.3 is 13.9 Å². The van der Waals surface area contributed by atoms with E-state index in [1.807, 2.05) is 38.1 Å². The van der Waals surface area contributed by atoms with Crippen LogP contribution in [0.1, 0.15) is 20.3 Å². The number of hydrogen-bond donors (Lipinski definition) is 1. The van der Waals surface area contributed by atoms with Gasteiger partial charge in [-0.15, -0.1) is 16.9 Å². The zero-order chi connectivity index (χ0) is 21.3. The van der Waals surface area contributed by atoms with Gasteiger partial charge in [-0.3, -0.25) is 10.1 Å². The molecule has 0 saturated carbocycles. The predicted octanol–water partition coefficient (Wildman–Crippen LogP) is 5.31. The fraction of sp³-hybridized carbons (Fsp3) is 0.286. The molecule has 9 heteroatoms. The zero-order valence-corrected chi connectivity index (χ0v) is 18.3. The summed E-state index contributed by atoms with van der Waals surface area (Å²) in [6.07, 6.45) is 0.308. The van der Waals surface area contributed by atoms with Gasteiger partial charge in [0.1, 0.15) is 0 Å². The van der Waals surface area contributed by atoms with E-state index in [-0.39, 0.29) is 17.8 Å². The third kappa shape index (κ3) is 6.14. The first-order valence-electron chi connectivity index (χ1n) is 9.50. The van der Waals surface area contributed by atoms with E-state index in [1.54, 1.807) is 30.0 Å². The summed E-state index contributed by atoms with van der Waals surface area (Å²) in [5.41, 5.74) is 0.674. The number of carbonyl (C=O) groups is 1. The summed E-state index contributed by atoms with van der Waals surface area (Å²) in [5, 5.41) is 11.2. The Bertz CT molecular complexity index is 979. The number of anilines is 1. The van der Waals surface area contributed by atoms with Gasteiger partial charge in [0.15, 0.2) is 11.5 Å². The molecule has 0 unspecified atom stereocenters. The van der Waals surface area contributed by atoms with Gasteiger partial charge in [-0.2, -0.15) is 0 Å². The lowest BCUT2D eigenvalue weighted by atomic mass is 10.2. The zero-order valence-electron chi connectivity index (χ0n) is 16.7. The number of carbonyl (C=O) groups excluding carboxylic acids is 1. The molecule has 1 aromatic heterocycles. The molecule has 1 N–H and O–H groups in total. The summed E-state index contributed by atoms with van der Waals surface area (Å²) in [7, 11) is 0. The SMILES string of the molecule is CCOc1ccc(-c2nnc(NC(=O)CCSc3ccc(Cl)cc3)o2)cc1OCC. The van der Waals surface area contributed by atoms with Crippen LogP contribution in [0.3, 0.4) is 0 Å². The number of thioether (sulfide) groups is 1. The Balaban J connectivity index is 1.57. The van der Waals surface area contributed by atoms with Crippen LogP contribution < -0.4 is 14.8 Å². The van der Waals surface area contributed by atoms with Gasteiger partial charge in [-0.25, -0.2) is 0 Å². The lowest BCUT2D eigenvalue weighted by molar-refractivity contribution is -0.115. The van der Waals surface area contributed by atoms with Gasteiger partial charge in [0.25, 0.3) is 0 Å². The van der Waals surface area contributed by atoms with Crippen molar-refractivity contribution in [2.24, 2.45) is 0 Å². The van der Waals surface area contributed by atoms with Gasteiger partial charge >= 0.3 is 6.01 Å². The van der Waals surface area contributed by atoms with Crippen LogP contribution in [0, 0.1) is 0 Å². The van der Waals surface area contributed by atoms with E-state index < -0.39 is 0 Å². The van der Waals surface area contributed by atoms with E-state index in [1.165, 1.54) is 0 Å². The maximum absolute atomic E-state index is 12.1. The van der Waals surface area contributed by atoms with Crippen molar-refractivity contribution in [3.63, 3.8) is 0 Å². The Morgan fingerprint density at radius 1 is 1.07 bits per heavy atom. The van der Waals surface area contributed by atoms with Crippen molar-refractivity contribution in [2.45, 2.75) is 25.2 Å². The molecule has 0 radical (unpaired) electrons. The quantitative estimate of drug-likeness (QED) is 0.421. The van der Waals surface area contributed by atoms with Crippen LogP contribution in [0.15, 0.2) is 51.8 Å². The number of nitrogens with one attached hydrogen (secondary N) is 1. The van der Waals surface area contributed by atoms with E-state index in [0.29, 0.717) is 47.5 Å². The largest absolute Gasteiger partial charge is 0.490 e. The van der Waals surface area contributed by atoms with Crippen LogP contribution in [0.2, 0.25) is 5.02 Å². The third-order valence-electron chi connectivity index (χ3n) is 3.87. The number of amides is 1. The molecule has 0 bridgehead atoms. The minimum Gasteiger partial charge on any atom is -0.490 e. The molecule has 0 aliphatic carbocycles. The fourth-order valence-electron chi connectivity index (χ4n) is 2.55. The minimum atomic E-state index is -0.201. The molecule has 1 heterocycles. The van der Waals surface area contributed by atoms with Crippen molar-refractivity contribution in [1.82, 2.24) is 10.2 Å². The molecule has 0 aliphatic heterocycles. The number of halogens is 1. The van der Waals surface area contributed by atoms with Crippen molar-refractivity contribution in [2.75, 3.05) is 24.3 Å². The van der Waals surface area contributed by atoms with E-state index in [2.05, 4.69) is 15.5 Å². The van der Waals surface area contributed by atoms with Crippen molar-refractivity contribution in [3.05, 3.63) is 47.5 Å². The van der Waals surface area contributed by atoms with Crippen LogP contribution in [-0.2, 0) is 4.79 Å². The Morgan fingerprint density at radius 2 is 1.80 bits per heavy atom. The van der Waals surface area contributed by atoms with Gasteiger partial charge in [-0.05, 0) is 56.3 Å². The molecule has 0 spiro atoms. The summed E-state index contributed by atoms with van der Waals surface area (Å²) < 4.78 is 16.8. The maximum Gasteiger partial charge on any atom is 0.322 e. The summed E-state index contributed by atoms with van der Waals surface area (Å²) >= 11 is 7.44. The Morgan fingerprint density at radius 3 is 2.53 bits per heavy atom. The number of nitrogens with zero attached hydrogens (tertiary/aromatic N) is 2. The Labute approximate surface area is 184 Å². The average Bonchev–Trinajstić information content (AvgIpc) is 3.19. The molecule has 3 aromatic rings. The topological polar surface area (TPSA) is 86.5 Å². The van der Waals surface area contributed by atoms with Crippen LogP contribution in [0.5, 0.6) is 11.5 Å². The maximum atomic E-state index is 12.1. The van der Waals surface area contributed by atoms with Crippen LogP contribution >= 0.6 is 23.4 Å². The molecule has 0 saturated heterocycles. The first kappa shape index (κ1) is 22.0. The normalized spacial score (nSPS) is 10.6. The molecule has 0 fully saturated rings. The molecular weight excluding hydrogens is 426 g/mol. The molecule has 30 heavy (non-hydrogen) atoms. The van der Waals surface area contributed by atoms with E-state index in [9.17, 15) is 4.79 Å². The van der Waals surface area contributed by atoms with E-state index >= 15 is 0 Å². The van der Waals surface area contributed by atoms with Crippen molar-refractivity contribution in [1.29, 1.82) is 0 Å². The molecule has 0 atom stereocenters. The molecule has 7 nitrogen and oxygen atoms in total. The second-order valence-electron chi connectivity index (χ2n) is 6.04. The van der Waals surface area contributed by atoms with Gasteiger partial charge in [-0.1, -0.05) is 16.7 Å². The molecular formula is C21H22ClN3O4S. The lowest BCUT2D eigenvalue weighted by Gasteiger charge is -2.11. The predicted molar refractivity (Wildman–Crippen MR) is 117 cm³/mol. The number of ether oxygens (including phenoxy) is 2. The van der Waals surface area contributed by atoms with Crippen molar-refractivity contribution < 1.29 is 18.7 Å². The summed E-state index contributed by atoms with van der Waals surface area (Å²) in [6.45, 7) is 4.84. The minimum absolute atomic E-state index is 0.0540. The number of aromatic nitrogens is 2. The highest BCUT2D eigenvalue weighted by Crippen LogP contribution is 2.33. The molecule has 3 rings (SSSR count). The fourth-order valence-corrected chi connectivity index (χ4v) is 3.53.